The van der Waals surface area contributed by atoms with Gasteiger partial charge in [-0.2, -0.15) is 0 Å². The third-order valence-corrected chi connectivity index (χ3v) is 4.54. The minimum absolute atomic E-state index is 0.322. The van der Waals surface area contributed by atoms with Crippen LogP contribution in [0.5, 0.6) is 0 Å². The maximum Gasteiger partial charge on any atom is 0.193 e. The second kappa shape index (κ2) is 6.10. The van der Waals surface area contributed by atoms with E-state index in [1.807, 2.05) is 0 Å². The summed E-state index contributed by atoms with van der Waals surface area (Å²) in [5, 5.41) is 6.65. The maximum atomic E-state index is 11.3. The predicted molar refractivity (Wildman–Crippen MR) is 73.2 cm³/mol. The summed E-state index contributed by atoms with van der Waals surface area (Å²) in [6.07, 6.45) is 2.98. The van der Waals surface area contributed by atoms with E-state index in [1.54, 1.807) is 18.2 Å². The standard InChI is InChI=1S/C10H7Cl2N3OS2/c11-8-4-15-9(5-14-8)17-6-2-1-3-7(10(6)12)18(13)16/h1-5H,13H2. The molecule has 18 heavy (non-hydrogen) atoms. The van der Waals surface area contributed by atoms with Gasteiger partial charge in [-0.25, -0.2) is 9.97 Å². The topological polar surface area (TPSA) is 74.9 Å². The van der Waals surface area contributed by atoms with Gasteiger partial charge in [-0.1, -0.05) is 41.0 Å². The molecule has 1 atom stereocenters. The van der Waals surface area contributed by atoms with Crippen LogP contribution in [0.25, 0.3) is 0 Å². The van der Waals surface area contributed by atoms with Crippen LogP contribution in [0.2, 0.25) is 10.2 Å². The van der Waals surface area contributed by atoms with Crippen LogP contribution in [0, 0.1) is 0 Å². The molecule has 0 aliphatic heterocycles. The molecule has 0 saturated carbocycles. The summed E-state index contributed by atoms with van der Waals surface area (Å²) in [5.74, 6) is 0. The highest BCUT2D eigenvalue weighted by Crippen LogP contribution is 2.35. The van der Waals surface area contributed by atoms with Crippen LogP contribution in [0.3, 0.4) is 0 Å². The van der Waals surface area contributed by atoms with Crippen LogP contribution < -0.4 is 5.14 Å². The van der Waals surface area contributed by atoms with Crippen molar-refractivity contribution in [1.82, 2.24) is 9.97 Å². The monoisotopic (exact) mass is 319 g/mol. The number of benzene rings is 1. The lowest BCUT2D eigenvalue weighted by Crippen LogP contribution is -2.12. The fraction of sp³-hybridized carbons (Fsp3) is 0. The quantitative estimate of drug-likeness (QED) is 0.880. The van der Waals surface area contributed by atoms with Crippen molar-refractivity contribution in [1.29, 1.82) is 0 Å². The highest BCUT2D eigenvalue weighted by Gasteiger charge is 2.15. The molecule has 1 aromatic heterocycles. The SMILES string of the molecule is N[S+]([O-])c1cccc(Sc2cnc(Cl)cn2)c1Cl. The molecule has 0 saturated heterocycles. The van der Waals surface area contributed by atoms with E-state index in [0.29, 0.717) is 25.0 Å². The Bertz CT molecular complexity index is 551. The predicted octanol–water partition coefficient (Wildman–Crippen LogP) is 2.92. The number of rotatable bonds is 3. The van der Waals surface area contributed by atoms with E-state index in [-0.39, 0.29) is 0 Å². The molecule has 0 aliphatic carbocycles. The highest BCUT2D eigenvalue weighted by molar-refractivity contribution is 7.99. The summed E-state index contributed by atoms with van der Waals surface area (Å²) >= 11 is 11.4. The molecule has 0 radical (unpaired) electrons. The van der Waals surface area contributed by atoms with Gasteiger partial charge in [0.05, 0.1) is 23.8 Å². The third kappa shape index (κ3) is 3.28. The van der Waals surface area contributed by atoms with Crippen molar-refractivity contribution in [2.45, 2.75) is 14.8 Å². The lowest BCUT2D eigenvalue weighted by molar-refractivity contribution is 0.596. The van der Waals surface area contributed by atoms with Crippen molar-refractivity contribution in [3.05, 3.63) is 40.8 Å². The van der Waals surface area contributed by atoms with E-state index < -0.39 is 11.4 Å². The molecular formula is C10H7Cl2N3OS2. The molecule has 0 aliphatic rings. The van der Waals surface area contributed by atoms with Crippen LogP contribution in [0.1, 0.15) is 0 Å². The molecule has 8 heteroatoms. The fourth-order valence-corrected chi connectivity index (χ4v) is 3.10. The van der Waals surface area contributed by atoms with Gasteiger partial charge in [0.25, 0.3) is 0 Å². The van der Waals surface area contributed by atoms with Crippen molar-refractivity contribution in [3.63, 3.8) is 0 Å². The number of hydrogen-bond donors (Lipinski definition) is 1. The maximum absolute atomic E-state index is 11.3. The summed E-state index contributed by atoms with van der Waals surface area (Å²) in [6.45, 7) is 0. The first-order chi connectivity index (χ1) is 8.58. The summed E-state index contributed by atoms with van der Waals surface area (Å²) in [5.41, 5.74) is 0. The minimum Gasteiger partial charge on any atom is -0.593 e. The van der Waals surface area contributed by atoms with Gasteiger partial charge in [0.2, 0.25) is 0 Å². The zero-order valence-corrected chi connectivity index (χ0v) is 12.0. The second-order valence-electron chi connectivity index (χ2n) is 3.15. The van der Waals surface area contributed by atoms with Crippen molar-refractivity contribution in [2.75, 3.05) is 0 Å². The molecule has 2 rings (SSSR count). The Morgan fingerprint density at radius 1 is 1.22 bits per heavy atom. The molecule has 1 unspecified atom stereocenters. The minimum atomic E-state index is -1.61. The molecule has 1 aromatic carbocycles. The summed E-state index contributed by atoms with van der Waals surface area (Å²) < 4.78 is 11.3. The second-order valence-corrected chi connectivity index (χ2v) is 6.01. The molecule has 0 fully saturated rings. The Balaban J connectivity index is 2.29. The lowest BCUT2D eigenvalue weighted by Gasteiger charge is -2.08. The molecule has 0 bridgehead atoms. The molecule has 2 aromatic rings. The van der Waals surface area contributed by atoms with E-state index in [4.69, 9.17) is 28.3 Å². The zero-order chi connectivity index (χ0) is 13.1. The number of halogens is 2. The fourth-order valence-electron chi connectivity index (χ4n) is 1.19. The molecule has 1 heterocycles. The van der Waals surface area contributed by atoms with E-state index in [1.165, 1.54) is 24.2 Å². The van der Waals surface area contributed by atoms with Crippen LogP contribution >= 0.6 is 35.0 Å². The number of aromatic nitrogens is 2. The lowest BCUT2D eigenvalue weighted by atomic mass is 10.4. The van der Waals surface area contributed by atoms with Gasteiger partial charge in [-0.05, 0) is 12.1 Å². The zero-order valence-electron chi connectivity index (χ0n) is 8.84. The average molecular weight is 320 g/mol. The van der Waals surface area contributed by atoms with E-state index >= 15 is 0 Å². The first-order valence-electron chi connectivity index (χ1n) is 4.68. The summed E-state index contributed by atoms with van der Waals surface area (Å²) in [7, 11) is 0. The van der Waals surface area contributed by atoms with Crippen LogP contribution in [0.4, 0.5) is 0 Å². The third-order valence-electron chi connectivity index (χ3n) is 1.96. The highest BCUT2D eigenvalue weighted by atomic mass is 35.5. The molecule has 2 N–H and O–H groups in total. The molecule has 94 valence electrons. The molecule has 0 amide bonds. The van der Waals surface area contributed by atoms with Gasteiger partial charge in [-0.15, -0.1) is 5.14 Å². The summed E-state index contributed by atoms with van der Waals surface area (Å²) in [4.78, 5) is 9.11. The van der Waals surface area contributed by atoms with Gasteiger partial charge in [-0.3, -0.25) is 0 Å². The Hall–Kier alpha value is -0.500. The van der Waals surface area contributed by atoms with Crippen LogP contribution in [-0.4, -0.2) is 14.5 Å². The smallest absolute Gasteiger partial charge is 0.193 e. The van der Waals surface area contributed by atoms with Gasteiger partial charge in [0.1, 0.15) is 15.2 Å². The Morgan fingerprint density at radius 2 is 2.00 bits per heavy atom. The van der Waals surface area contributed by atoms with Gasteiger partial charge < -0.3 is 4.55 Å². The normalized spacial score (nSPS) is 12.4. The number of nitrogens with two attached hydrogens (primary N) is 1. The average Bonchev–Trinajstić information content (AvgIpc) is 2.34. The van der Waals surface area contributed by atoms with Crippen molar-refractivity contribution in [2.24, 2.45) is 5.14 Å². The van der Waals surface area contributed by atoms with Crippen molar-refractivity contribution < 1.29 is 4.55 Å². The van der Waals surface area contributed by atoms with Crippen LogP contribution in [-0.2, 0) is 11.4 Å². The number of hydrogen-bond acceptors (Lipinski definition) is 5. The van der Waals surface area contributed by atoms with Crippen LogP contribution in [0.15, 0.2) is 45.4 Å². The Morgan fingerprint density at radius 3 is 2.61 bits per heavy atom. The first kappa shape index (κ1) is 13.9. The van der Waals surface area contributed by atoms with Gasteiger partial charge in [0.15, 0.2) is 4.90 Å². The largest absolute Gasteiger partial charge is 0.593 e. The number of nitrogens with zero attached hydrogens (tertiary/aromatic N) is 2. The Labute approximate surface area is 121 Å². The van der Waals surface area contributed by atoms with Crippen molar-refractivity contribution >= 4 is 46.3 Å². The van der Waals surface area contributed by atoms with Crippen molar-refractivity contribution in [3.8, 4) is 0 Å². The van der Waals surface area contributed by atoms with Gasteiger partial charge >= 0.3 is 0 Å². The Kier molecular flexibility index (Phi) is 4.71. The van der Waals surface area contributed by atoms with E-state index in [0.717, 1.165) is 0 Å². The first-order valence-corrected chi connectivity index (χ1v) is 7.46. The van der Waals surface area contributed by atoms with Gasteiger partial charge in [0, 0.05) is 4.90 Å². The summed E-state index contributed by atoms with van der Waals surface area (Å²) in [6, 6.07) is 5.15. The molecule has 4 nitrogen and oxygen atoms in total. The van der Waals surface area contributed by atoms with E-state index in [9.17, 15) is 4.55 Å². The molecule has 0 spiro atoms. The molecular weight excluding hydrogens is 313 g/mol. The van der Waals surface area contributed by atoms with E-state index in [2.05, 4.69) is 9.97 Å².